The van der Waals surface area contributed by atoms with Gasteiger partial charge in [-0.05, 0) is 5.57 Å². The van der Waals surface area contributed by atoms with Crippen LogP contribution in [0, 0.1) is 0 Å². The summed E-state index contributed by atoms with van der Waals surface area (Å²) in [6.07, 6.45) is 0.0876. The molecule has 4 heteroatoms. The first-order valence-corrected chi connectivity index (χ1v) is 2.99. The predicted molar refractivity (Wildman–Crippen MR) is 37.8 cm³/mol. The Morgan fingerprint density at radius 1 is 1.64 bits per heavy atom. The fourth-order valence-corrected chi connectivity index (χ4v) is 0.479. The molecule has 0 unspecified atom stereocenters. The molecule has 0 aromatic heterocycles. The predicted octanol–water partition coefficient (Wildman–Crippen LogP) is 0.279. The number of hydrogen-bond donors (Lipinski definition) is 0. The van der Waals surface area contributed by atoms with Crippen molar-refractivity contribution in [1.82, 2.24) is 0 Å². The van der Waals surface area contributed by atoms with Gasteiger partial charge in [0.1, 0.15) is 6.61 Å². The standard InChI is InChI=1S/C7H10O4/c1-6(4-11-5-8)3-7(9)10-2/h5H,1,3-4H2,2H3. The second kappa shape index (κ2) is 5.46. The van der Waals surface area contributed by atoms with Gasteiger partial charge < -0.3 is 9.47 Å². The molecule has 0 aromatic rings. The highest BCUT2D eigenvalue weighted by atomic mass is 16.5. The molecule has 0 rings (SSSR count). The average molecular weight is 158 g/mol. The van der Waals surface area contributed by atoms with E-state index in [1.165, 1.54) is 7.11 Å². The van der Waals surface area contributed by atoms with E-state index < -0.39 is 0 Å². The van der Waals surface area contributed by atoms with Crippen LogP contribution in [-0.2, 0) is 19.1 Å². The zero-order valence-corrected chi connectivity index (χ0v) is 6.33. The summed E-state index contributed by atoms with van der Waals surface area (Å²) < 4.78 is 8.71. The zero-order valence-electron chi connectivity index (χ0n) is 6.33. The van der Waals surface area contributed by atoms with E-state index in [0.29, 0.717) is 12.0 Å². The van der Waals surface area contributed by atoms with E-state index in [9.17, 15) is 9.59 Å². The highest BCUT2D eigenvalue weighted by molar-refractivity contribution is 5.72. The molecule has 62 valence electrons. The summed E-state index contributed by atoms with van der Waals surface area (Å²) >= 11 is 0. The van der Waals surface area contributed by atoms with Crippen LogP contribution >= 0.6 is 0 Å². The van der Waals surface area contributed by atoms with Gasteiger partial charge in [0.05, 0.1) is 13.5 Å². The second-order valence-corrected chi connectivity index (χ2v) is 1.91. The minimum absolute atomic E-state index is 0.0681. The van der Waals surface area contributed by atoms with E-state index in [1.54, 1.807) is 0 Å². The molecule has 0 saturated heterocycles. The Balaban J connectivity index is 3.51. The van der Waals surface area contributed by atoms with Crippen LogP contribution in [0.3, 0.4) is 0 Å². The molecule has 0 spiro atoms. The van der Waals surface area contributed by atoms with Gasteiger partial charge in [0.25, 0.3) is 6.47 Å². The number of esters is 1. The number of hydrogen-bond acceptors (Lipinski definition) is 4. The van der Waals surface area contributed by atoms with Crippen LogP contribution in [0.5, 0.6) is 0 Å². The Labute approximate surface area is 64.8 Å². The number of carbonyl (C=O) groups is 2. The van der Waals surface area contributed by atoms with Crippen LogP contribution in [0.2, 0.25) is 0 Å². The molecule has 0 amide bonds. The fourth-order valence-electron chi connectivity index (χ4n) is 0.479. The number of methoxy groups -OCH3 is 1. The summed E-state index contributed by atoms with van der Waals surface area (Å²) in [4.78, 5) is 20.2. The average Bonchev–Trinajstić information content (AvgIpc) is 2.00. The van der Waals surface area contributed by atoms with Gasteiger partial charge in [-0.25, -0.2) is 0 Å². The van der Waals surface area contributed by atoms with Crippen molar-refractivity contribution in [2.75, 3.05) is 13.7 Å². The fraction of sp³-hybridized carbons (Fsp3) is 0.429. The third-order valence-corrected chi connectivity index (χ3v) is 0.978. The molecule has 0 bridgehead atoms. The van der Waals surface area contributed by atoms with Crippen molar-refractivity contribution in [3.8, 4) is 0 Å². The van der Waals surface area contributed by atoms with Gasteiger partial charge in [-0.15, -0.1) is 0 Å². The van der Waals surface area contributed by atoms with E-state index in [2.05, 4.69) is 16.1 Å². The lowest BCUT2D eigenvalue weighted by atomic mass is 10.2. The van der Waals surface area contributed by atoms with Gasteiger partial charge >= 0.3 is 5.97 Å². The number of rotatable bonds is 5. The van der Waals surface area contributed by atoms with Crippen molar-refractivity contribution in [3.05, 3.63) is 12.2 Å². The van der Waals surface area contributed by atoms with Crippen LogP contribution in [-0.4, -0.2) is 26.2 Å². The number of ether oxygens (including phenoxy) is 2. The summed E-state index contributed by atoms with van der Waals surface area (Å²) in [5, 5.41) is 0. The van der Waals surface area contributed by atoms with E-state index in [-0.39, 0.29) is 19.0 Å². The van der Waals surface area contributed by atoms with Crippen molar-refractivity contribution < 1.29 is 19.1 Å². The van der Waals surface area contributed by atoms with Crippen LogP contribution in [0.4, 0.5) is 0 Å². The van der Waals surface area contributed by atoms with Gasteiger partial charge in [0.15, 0.2) is 0 Å². The monoisotopic (exact) mass is 158 g/mol. The third-order valence-electron chi connectivity index (χ3n) is 0.978. The first kappa shape index (κ1) is 9.68. The van der Waals surface area contributed by atoms with Gasteiger partial charge in [-0.2, -0.15) is 0 Å². The molecule has 0 heterocycles. The van der Waals surface area contributed by atoms with Crippen molar-refractivity contribution in [2.24, 2.45) is 0 Å². The van der Waals surface area contributed by atoms with E-state index >= 15 is 0 Å². The molecule has 11 heavy (non-hydrogen) atoms. The molecule has 0 aliphatic heterocycles. The summed E-state index contributed by atoms with van der Waals surface area (Å²) in [7, 11) is 1.29. The summed E-state index contributed by atoms with van der Waals surface area (Å²) in [6, 6.07) is 0. The number of carbonyl (C=O) groups excluding carboxylic acids is 2. The quantitative estimate of drug-likeness (QED) is 0.327. The molecule has 0 saturated carbocycles. The van der Waals surface area contributed by atoms with Crippen molar-refractivity contribution in [1.29, 1.82) is 0 Å². The highest BCUT2D eigenvalue weighted by Crippen LogP contribution is 1.98. The largest absolute Gasteiger partial charge is 0.469 e. The lowest BCUT2D eigenvalue weighted by Gasteiger charge is -2.01. The molecular weight excluding hydrogens is 148 g/mol. The molecule has 4 nitrogen and oxygen atoms in total. The second-order valence-electron chi connectivity index (χ2n) is 1.91. The molecule has 0 N–H and O–H groups in total. The lowest BCUT2D eigenvalue weighted by Crippen LogP contribution is -2.05. The third kappa shape index (κ3) is 5.14. The van der Waals surface area contributed by atoms with Gasteiger partial charge in [0, 0.05) is 0 Å². The van der Waals surface area contributed by atoms with Gasteiger partial charge in [-0.3, -0.25) is 9.59 Å². The van der Waals surface area contributed by atoms with E-state index in [1.807, 2.05) is 0 Å². The van der Waals surface area contributed by atoms with E-state index in [4.69, 9.17) is 0 Å². The minimum atomic E-state index is -0.385. The molecule has 0 fully saturated rings. The Morgan fingerprint density at radius 2 is 2.27 bits per heavy atom. The first-order chi connectivity index (χ1) is 5.20. The van der Waals surface area contributed by atoms with Crippen molar-refractivity contribution in [2.45, 2.75) is 6.42 Å². The molecule has 0 aliphatic rings. The maximum Gasteiger partial charge on any atom is 0.309 e. The molecule has 0 atom stereocenters. The topological polar surface area (TPSA) is 52.6 Å². The molecule has 0 radical (unpaired) electrons. The molecule has 0 aromatic carbocycles. The van der Waals surface area contributed by atoms with Crippen molar-refractivity contribution in [3.63, 3.8) is 0 Å². The van der Waals surface area contributed by atoms with Crippen LogP contribution in [0.25, 0.3) is 0 Å². The molecular formula is C7H10O4. The minimum Gasteiger partial charge on any atom is -0.469 e. The Morgan fingerprint density at radius 3 is 2.73 bits per heavy atom. The maximum atomic E-state index is 10.6. The first-order valence-electron chi connectivity index (χ1n) is 2.99. The Kier molecular flexibility index (Phi) is 4.81. The molecule has 0 aliphatic carbocycles. The SMILES string of the molecule is C=C(COC=O)CC(=O)OC. The van der Waals surface area contributed by atoms with Gasteiger partial charge in [0.2, 0.25) is 0 Å². The van der Waals surface area contributed by atoms with Gasteiger partial charge in [-0.1, -0.05) is 6.58 Å². The maximum absolute atomic E-state index is 10.6. The normalized spacial score (nSPS) is 8.45. The Bertz CT molecular complexity index is 162. The zero-order chi connectivity index (χ0) is 8.69. The van der Waals surface area contributed by atoms with Crippen LogP contribution < -0.4 is 0 Å². The summed E-state index contributed by atoms with van der Waals surface area (Å²) in [5.74, 6) is -0.385. The smallest absolute Gasteiger partial charge is 0.309 e. The Hall–Kier alpha value is -1.32. The summed E-state index contributed by atoms with van der Waals surface area (Å²) in [5.41, 5.74) is 0.518. The van der Waals surface area contributed by atoms with Crippen LogP contribution in [0.15, 0.2) is 12.2 Å². The highest BCUT2D eigenvalue weighted by Gasteiger charge is 2.02. The summed E-state index contributed by atoms with van der Waals surface area (Å²) in [6.45, 7) is 3.87. The lowest BCUT2D eigenvalue weighted by molar-refractivity contribution is -0.140. The van der Waals surface area contributed by atoms with Crippen LogP contribution in [0.1, 0.15) is 6.42 Å². The van der Waals surface area contributed by atoms with E-state index in [0.717, 1.165) is 0 Å². The van der Waals surface area contributed by atoms with Crippen molar-refractivity contribution >= 4 is 12.4 Å².